The fraction of sp³-hybridized carbons (Fsp3) is 0.208. The van der Waals surface area contributed by atoms with Crippen LogP contribution in [0.1, 0.15) is 17.5 Å². The summed E-state index contributed by atoms with van der Waals surface area (Å²) in [7, 11) is -1.04. The van der Waals surface area contributed by atoms with Crippen LogP contribution in [0.15, 0.2) is 71.6 Å². The molecule has 0 atom stereocenters. The third-order valence-corrected chi connectivity index (χ3v) is 6.78. The number of carbonyl (C=O) groups excluding carboxylic acids is 1. The summed E-state index contributed by atoms with van der Waals surface area (Å²) in [4.78, 5) is 14.3. The molecule has 3 aromatic rings. The number of benzene rings is 3. The van der Waals surface area contributed by atoms with Gasteiger partial charge in [-0.15, -0.1) is 0 Å². The molecule has 1 aliphatic rings. The summed E-state index contributed by atoms with van der Waals surface area (Å²) in [6.45, 7) is 0.471. The van der Waals surface area contributed by atoms with Gasteiger partial charge < -0.3 is 14.4 Å². The quantitative estimate of drug-likeness (QED) is 0.586. The van der Waals surface area contributed by atoms with Crippen molar-refractivity contribution in [3.63, 3.8) is 0 Å². The highest BCUT2D eigenvalue weighted by Gasteiger charge is 2.26. The summed E-state index contributed by atoms with van der Waals surface area (Å²) in [5, 5.41) is 0. The Labute approximate surface area is 187 Å². The number of hydrogen-bond acceptors (Lipinski definition) is 5. The molecule has 1 heterocycles. The monoisotopic (exact) mass is 452 g/mol. The van der Waals surface area contributed by atoms with E-state index < -0.39 is 10.0 Å². The summed E-state index contributed by atoms with van der Waals surface area (Å²) in [5.74, 6) is 0.679. The first kappa shape index (κ1) is 21.7. The molecule has 166 valence electrons. The molecule has 1 aliphatic heterocycles. The molecule has 0 aliphatic carbocycles. The normalized spacial score (nSPS) is 13.4. The van der Waals surface area contributed by atoms with Gasteiger partial charge in [0.15, 0.2) is 0 Å². The van der Waals surface area contributed by atoms with E-state index >= 15 is 0 Å². The Bertz CT molecular complexity index is 1240. The van der Waals surface area contributed by atoms with Crippen LogP contribution in [0.4, 0.5) is 11.4 Å². The Morgan fingerprint density at radius 1 is 0.938 bits per heavy atom. The van der Waals surface area contributed by atoms with Crippen LogP contribution in [0, 0.1) is 0 Å². The zero-order chi connectivity index (χ0) is 22.7. The molecule has 32 heavy (non-hydrogen) atoms. The maximum Gasteiger partial charge on any atom is 0.265 e. The Kier molecular flexibility index (Phi) is 6.05. The molecule has 3 aromatic carbocycles. The van der Waals surface area contributed by atoms with Crippen molar-refractivity contribution in [2.75, 3.05) is 23.8 Å². The molecular weight excluding hydrogens is 428 g/mol. The molecule has 0 fully saturated rings. The molecule has 7 nitrogen and oxygen atoms in total. The molecule has 0 aromatic heterocycles. The van der Waals surface area contributed by atoms with Crippen molar-refractivity contribution in [1.82, 2.24) is 0 Å². The van der Waals surface area contributed by atoms with Crippen molar-refractivity contribution in [3.05, 3.63) is 77.9 Å². The molecule has 1 amide bonds. The summed E-state index contributed by atoms with van der Waals surface area (Å²) in [5.41, 5.74) is 3.16. The first-order chi connectivity index (χ1) is 15.4. The summed E-state index contributed by atoms with van der Waals surface area (Å²) in [6, 6.07) is 19.6. The Morgan fingerprint density at radius 2 is 1.72 bits per heavy atom. The molecule has 4 rings (SSSR count). The Morgan fingerprint density at radius 3 is 2.44 bits per heavy atom. The SMILES string of the molecule is COc1ccc(OC)c(S(=O)(=O)Nc2ccc3c(c2)CCC(=O)N3Cc2ccccc2)c1. The molecule has 0 bridgehead atoms. The molecule has 0 radical (unpaired) electrons. The number of nitrogens with zero attached hydrogens (tertiary/aromatic N) is 1. The smallest absolute Gasteiger partial charge is 0.265 e. The fourth-order valence-electron chi connectivity index (χ4n) is 3.77. The van der Waals surface area contributed by atoms with Gasteiger partial charge in [0, 0.05) is 23.9 Å². The third kappa shape index (κ3) is 4.40. The minimum Gasteiger partial charge on any atom is -0.497 e. The van der Waals surface area contributed by atoms with E-state index in [2.05, 4.69) is 4.72 Å². The van der Waals surface area contributed by atoms with Crippen molar-refractivity contribution in [2.45, 2.75) is 24.3 Å². The number of ether oxygens (including phenoxy) is 2. The average molecular weight is 453 g/mol. The molecule has 0 saturated heterocycles. The van der Waals surface area contributed by atoms with Crippen LogP contribution in [-0.2, 0) is 27.8 Å². The van der Waals surface area contributed by atoms with E-state index in [1.165, 1.54) is 20.3 Å². The second-order valence-electron chi connectivity index (χ2n) is 7.43. The van der Waals surface area contributed by atoms with Crippen LogP contribution in [-0.4, -0.2) is 28.5 Å². The van der Waals surface area contributed by atoms with Gasteiger partial charge in [0.2, 0.25) is 5.91 Å². The van der Waals surface area contributed by atoms with Crippen LogP contribution < -0.4 is 19.1 Å². The van der Waals surface area contributed by atoms with Crippen LogP contribution >= 0.6 is 0 Å². The standard InChI is InChI=1S/C24H24N2O5S/c1-30-20-10-12-22(31-2)23(15-20)32(28,29)25-19-9-11-21-18(14-19)8-13-24(27)26(21)16-17-6-4-3-5-7-17/h3-7,9-12,14-15,25H,8,13,16H2,1-2H3. The molecule has 0 saturated carbocycles. The highest BCUT2D eigenvalue weighted by molar-refractivity contribution is 7.92. The van der Waals surface area contributed by atoms with Gasteiger partial charge in [-0.2, -0.15) is 0 Å². The number of fused-ring (bicyclic) bond motifs is 1. The van der Waals surface area contributed by atoms with Crippen molar-refractivity contribution >= 4 is 27.3 Å². The maximum atomic E-state index is 13.1. The number of methoxy groups -OCH3 is 2. The number of sulfonamides is 1. The van der Waals surface area contributed by atoms with Crippen molar-refractivity contribution < 1.29 is 22.7 Å². The fourth-order valence-corrected chi connectivity index (χ4v) is 5.00. The molecular formula is C24H24N2O5S. The van der Waals surface area contributed by atoms with Gasteiger partial charge in [0.05, 0.1) is 20.8 Å². The Hall–Kier alpha value is -3.52. The third-order valence-electron chi connectivity index (χ3n) is 5.38. The van der Waals surface area contributed by atoms with E-state index in [1.54, 1.807) is 35.2 Å². The van der Waals surface area contributed by atoms with Crippen LogP contribution in [0.5, 0.6) is 11.5 Å². The zero-order valence-corrected chi connectivity index (χ0v) is 18.7. The lowest BCUT2D eigenvalue weighted by Gasteiger charge is -2.30. The number of rotatable bonds is 7. The van der Waals surface area contributed by atoms with Crippen molar-refractivity contribution in [3.8, 4) is 11.5 Å². The zero-order valence-electron chi connectivity index (χ0n) is 17.9. The number of anilines is 2. The van der Waals surface area contributed by atoms with Gasteiger partial charge in [0.1, 0.15) is 16.4 Å². The highest BCUT2D eigenvalue weighted by atomic mass is 32.2. The minimum atomic E-state index is -3.92. The van der Waals surface area contributed by atoms with Gasteiger partial charge in [-0.05, 0) is 47.9 Å². The van der Waals surface area contributed by atoms with Crippen LogP contribution in [0.2, 0.25) is 0 Å². The molecule has 0 unspecified atom stereocenters. The van der Waals surface area contributed by atoms with Crippen molar-refractivity contribution in [2.24, 2.45) is 0 Å². The van der Waals surface area contributed by atoms with Gasteiger partial charge in [0.25, 0.3) is 10.0 Å². The van der Waals surface area contributed by atoms with Crippen LogP contribution in [0.25, 0.3) is 0 Å². The number of carbonyl (C=O) groups is 1. The lowest BCUT2D eigenvalue weighted by Crippen LogP contribution is -2.34. The molecule has 0 spiro atoms. The van der Waals surface area contributed by atoms with E-state index in [-0.39, 0.29) is 16.6 Å². The number of nitrogens with one attached hydrogen (secondary N) is 1. The first-order valence-electron chi connectivity index (χ1n) is 10.1. The number of aryl methyl sites for hydroxylation is 1. The number of hydrogen-bond donors (Lipinski definition) is 1. The molecule has 8 heteroatoms. The lowest BCUT2D eigenvalue weighted by atomic mass is 10.00. The second kappa shape index (κ2) is 8.92. The molecule has 1 N–H and O–H groups in total. The van der Waals surface area contributed by atoms with Gasteiger partial charge >= 0.3 is 0 Å². The predicted octanol–water partition coefficient (Wildman–Crippen LogP) is 3.98. The highest BCUT2D eigenvalue weighted by Crippen LogP contribution is 2.34. The first-order valence-corrected chi connectivity index (χ1v) is 11.6. The largest absolute Gasteiger partial charge is 0.497 e. The average Bonchev–Trinajstić information content (AvgIpc) is 2.81. The van der Waals surface area contributed by atoms with Crippen molar-refractivity contribution in [1.29, 1.82) is 0 Å². The maximum absolute atomic E-state index is 13.1. The van der Waals surface area contributed by atoms with Gasteiger partial charge in [-0.3, -0.25) is 9.52 Å². The predicted molar refractivity (Wildman–Crippen MR) is 123 cm³/mol. The van der Waals surface area contributed by atoms with E-state index in [1.807, 2.05) is 30.3 Å². The topological polar surface area (TPSA) is 84.9 Å². The van der Waals surface area contributed by atoms with Gasteiger partial charge in [-0.25, -0.2) is 8.42 Å². The summed E-state index contributed by atoms with van der Waals surface area (Å²) in [6.07, 6.45) is 0.928. The summed E-state index contributed by atoms with van der Waals surface area (Å²) >= 11 is 0. The van der Waals surface area contributed by atoms with Crippen LogP contribution in [0.3, 0.4) is 0 Å². The Balaban J connectivity index is 1.63. The second-order valence-corrected chi connectivity index (χ2v) is 9.08. The van der Waals surface area contributed by atoms with E-state index in [0.717, 1.165) is 16.8 Å². The van der Waals surface area contributed by atoms with E-state index in [9.17, 15) is 13.2 Å². The minimum absolute atomic E-state index is 0.0158. The summed E-state index contributed by atoms with van der Waals surface area (Å²) < 4.78 is 39.1. The lowest BCUT2D eigenvalue weighted by molar-refractivity contribution is -0.119. The number of amides is 1. The van der Waals surface area contributed by atoms with Gasteiger partial charge in [-0.1, -0.05) is 30.3 Å². The van der Waals surface area contributed by atoms with E-state index in [4.69, 9.17) is 9.47 Å². The van der Waals surface area contributed by atoms with E-state index in [0.29, 0.717) is 30.8 Å².